The van der Waals surface area contributed by atoms with Gasteiger partial charge in [0, 0.05) is 17.2 Å². The molecule has 2 nitrogen and oxygen atoms in total. The van der Waals surface area contributed by atoms with Crippen molar-refractivity contribution in [3.8, 4) is 0 Å². The zero-order chi connectivity index (χ0) is 14.9. The topological polar surface area (TPSA) is 29.1 Å². The molecule has 2 rings (SSSR count). The minimum Gasteiger partial charge on any atom is -0.317 e. The van der Waals surface area contributed by atoms with Crippen molar-refractivity contribution in [3.63, 3.8) is 0 Å². The van der Waals surface area contributed by atoms with E-state index in [9.17, 15) is 22.4 Å². The van der Waals surface area contributed by atoms with Gasteiger partial charge in [0.15, 0.2) is 11.6 Å². The third-order valence-corrected chi connectivity index (χ3v) is 2.65. The Morgan fingerprint density at radius 1 is 0.950 bits per heavy atom. The highest BCUT2D eigenvalue weighted by Crippen LogP contribution is 2.22. The molecule has 104 valence electrons. The summed E-state index contributed by atoms with van der Waals surface area (Å²) in [5.41, 5.74) is -1.35. The second-order valence-corrected chi connectivity index (χ2v) is 4.26. The minimum atomic E-state index is -1.31. The van der Waals surface area contributed by atoms with Gasteiger partial charge in [0.05, 0.1) is 5.56 Å². The van der Waals surface area contributed by atoms with Crippen molar-refractivity contribution in [2.24, 2.45) is 0 Å². The number of halogens is 5. The molecule has 0 bridgehead atoms. The van der Waals surface area contributed by atoms with Crippen molar-refractivity contribution in [2.75, 3.05) is 5.32 Å². The Morgan fingerprint density at radius 3 is 2.15 bits per heavy atom. The number of rotatable bonds is 2. The highest BCUT2D eigenvalue weighted by atomic mass is 35.5. The van der Waals surface area contributed by atoms with Gasteiger partial charge in [-0.1, -0.05) is 11.6 Å². The monoisotopic (exact) mass is 303 g/mol. The van der Waals surface area contributed by atoms with Gasteiger partial charge in [0.1, 0.15) is 17.3 Å². The van der Waals surface area contributed by atoms with Crippen LogP contribution in [0.25, 0.3) is 0 Å². The third-order valence-electron chi connectivity index (χ3n) is 2.42. The van der Waals surface area contributed by atoms with E-state index in [-0.39, 0.29) is 5.02 Å². The highest BCUT2D eigenvalue weighted by molar-refractivity contribution is 6.31. The molecule has 0 aliphatic rings. The van der Waals surface area contributed by atoms with E-state index in [2.05, 4.69) is 0 Å². The van der Waals surface area contributed by atoms with E-state index < -0.39 is 40.4 Å². The molecule has 0 aliphatic carbocycles. The number of nitrogens with one attached hydrogen (secondary N) is 1. The van der Waals surface area contributed by atoms with Gasteiger partial charge in [0.2, 0.25) is 0 Å². The maximum Gasteiger partial charge on any atom is 0.258 e. The van der Waals surface area contributed by atoms with Crippen LogP contribution in [0, 0.1) is 23.3 Å². The van der Waals surface area contributed by atoms with Gasteiger partial charge < -0.3 is 5.32 Å². The maximum absolute atomic E-state index is 13.4. The van der Waals surface area contributed by atoms with Crippen LogP contribution < -0.4 is 5.32 Å². The molecule has 0 fully saturated rings. The number of hydrogen-bond acceptors (Lipinski definition) is 1. The number of hydrogen-bond donors (Lipinski definition) is 1. The number of benzene rings is 2. The van der Waals surface area contributed by atoms with E-state index in [4.69, 9.17) is 11.6 Å². The summed E-state index contributed by atoms with van der Waals surface area (Å²) < 4.78 is 52.8. The van der Waals surface area contributed by atoms with Gasteiger partial charge in [-0.2, -0.15) is 0 Å². The average Bonchev–Trinajstić information content (AvgIpc) is 2.36. The summed E-state index contributed by atoms with van der Waals surface area (Å²) in [7, 11) is 0. The van der Waals surface area contributed by atoms with Gasteiger partial charge >= 0.3 is 0 Å². The molecule has 0 aromatic heterocycles. The second-order valence-electron chi connectivity index (χ2n) is 3.82. The fraction of sp³-hybridized carbons (Fsp3) is 0. The van der Waals surface area contributed by atoms with Crippen LogP contribution in [0.1, 0.15) is 10.4 Å². The van der Waals surface area contributed by atoms with Crippen LogP contribution in [0.5, 0.6) is 0 Å². The molecule has 0 spiro atoms. The fourth-order valence-electron chi connectivity index (χ4n) is 1.51. The van der Waals surface area contributed by atoms with Crippen LogP contribution in [0.3, 0.4) is 0 Å². The molecule has 0 radical (unpaired) electrons. The number of carbonyl (C=O) groups excluding carboxylic acids is 1. The highest BCUT2D eigenvalue weighted by Gasteiger charge is 2.18. The zero-order valence-electron chi connectivity index (χ0n) is 9.68. The van der Waals surface area contributed by atoms with Crippen molar-refractivity contribution >= 4 is 23.2 Å². The van der Waals surface area contributed by atoms with Crippen molar-refractivity contribution in [3.05, 3.63) is 64.2 Å². The van der Waals surface area contributed by atoms with Gasteiger partial charge in [-0.25, -0.2) is 17.6 Å². The Kier molecular flexibility index (Phi) is 3.94. The van der Waals surface area contributed by atoms with Crippen molar-refractivity contribution in [1.82, 2.24) is 0 Å². The molecule has 7 heteroatoms. The minimum absolute atomic E-state index is 0.0802. The molecule has 2 aromatic rings. The first-order valence-electron chi connectivity index (χ1n) is 5.29. The van der Waals surface area contributed by atoms with E-state index in [1.165, 1.54) is 6.07 Å². The van der Waals surface area contributed by atoms with Gasteiger partial charge in [-0.15, -0.1) is 0 Å². The summed E-state index contributed by atoms with van der Waals surface area (Å²) >= 11 is 5.60. The smallest absolute Gasteiger partial charge is 0.258 e. The Balaban J connectivity index is 2.35. The predicted molar refractivity (Wildman–Crippen MR) is 65.7 cm³/mol. The number of carbonyl (C=O) groups is 1. The predicted octanol–water partition coefficient (Wildman–Crippen LogP) is 4.15. The summed E-state index contributed by atoms with van der Waals surface area (Å²) in [4.78, 5) is 11.7. The average molecular weight is 304 g/mol. The van der Waals surface area contributed by atoms with Crippen LogP contribution in [-0.4, -0.2) is 5.91 Å². The van der Waals surface area contributed by atoms with Crippen molar-refractivity contribution < 1.29 is 22.4 Å². The molecule has 0 heterocycles. The summed E-state index contributed by atoms with van der Waals surface area (Å²) in [6, 6.07) is 3.95. The van der Waals surface area contributed by atoms with Gasteiger partial charge in [-0.3, -0.25) is 4.79 Å². The molecule has 2 aromatic carbocycles. The van der Waals surface area contributed by atoms with E-state index in [1.54, 1.807) is 0 Å². The molecular formula is C13H6ClF4NO. The first-order valence-corrected chi connectivity index (χ1v) is 5.67. The first kappa shape index (κ1) is 14.3. The zero-order valence-corrected chi connectivity index (χ0v) is 10.4. The van der Waals surface area contributed by atoms with E-state index in [0.717, 1.165) is 12.1 Å². The molecule has 20 heavy (non-hydrogen) atoms. The van der Waals surface area contributed by atoms with E-state index >= 15 is 0 Å². The molecule has 0 saturated carbocycles. The Morgan fingerprint density at radius 2 is 1.55 bits per heavy atom. The lowest BCUT2D eigenvalue weighted by Gasteiger charge is -2.08. The Labute approximate surface area is 116 Å². The van der Waals surface area contributed by atoms with Crippen LogP contribution in [0.15, 0.2) is 30.3 Å². The first-order chi connectivity index (χ1) is 9.38. The van der Waals surface area contributed by atoms with E-state index in [0.29, 0.717) is 12.1 Å². The van der Waals surface area contributed by atoms with Crippen LogP contribution in [0.4, 0.5) is 23.2 Å². The van der Waals surface area contributed by atoms with Gasteiger partial charge in [0.25, 0.3) is 5.91 Å². The summed E-state index contributed by atoms with van der Waals surface area (Å²) in [5, 5.41) is 1.92. The lowest BCUT2D eigenvalue weighted by atomic mass is 10.2. The molecule has 0 aliphatic heterocycles. The van der Waals surface area contributed by atoms with Crippen molar-refractivity contribution in [2.45, 2.75) is 0 Å². The normalized spacial score (nSPS) is 10.4. The SMILES string of the molecule is O=C(Nc1c(F)cc(F)cc1F)c1cc(Cl)ccc1F. The van der Waals surface area contributed by atoms with E-state index in [1.807, 2.05) is 5.32 Å². The van der Waals surface area contributed by atoms with Crippen molar-refractivity contribution in [1.29, 1.82) is 0 Å². The largest absolute Gasteiger partial charge is 0.317 e. The molecule has 1 amide bonds. The third kappa shape index (κ3) is 2.91. The Bertz CT molecular complexity index is 667. The number of anilines is 1. The molecule has 0 unspecified atom stereocenters. The fourth-order valence-corrected chi connectivity index (χ4v) is 1.69. The molecule has 0 saturated heterocycles. The van der Waals surface area contributed by atoms with Gasteiger partial charge in [-0.05, 0) is 18.2 Å². The van der Waals surface area contributed by atoms with Crippen LogP contribution in [-0.2, 0) is 0 Å². The Hall–Kier alpha value is -2.08. The lowest BCUT2D eigenvalue weighted by molar-refractivity contribution is 0.102. The van der Waals surface area contributed by atoms with Crippen LogP contribution in [0.2, 0.25) is 5.02 Å². The molecule has 1 N–H and O–H groups in total. The lowest BCUT2D eigenvalue weighted by Crippen LogP contribution is -2.16. The standard InChI is InChI=1S/C13H6ClF4NO/c14-6-1-2-9(16)8(3-6)13(20)19-12-10(17)4-7(15)5-11(12)18/h1-5H,(H,19,20). The quantitative estimate of drug-likeness (QED) is 0.830. The number of amides is 1. The summed E-state index contributed by atoms with van der Waals surface area (Å²) in [6.45, 7) is 0. The van der Waals surface area contributed by atoms with Crippen LogP contribution >= 0.6 is 11.6 Å². The summed E-state index contributed by atoms with van der Waals surface area (Å²) in [6.07, 6.45) is 0. The molecule has 0 atom stereocenters. The summed E-state index contributed by atoms with van der Waals surface area (Å²) in [5.74, 6) is -5.76. The maximum atomic E-state index is 13.4. The molecular weight excluding hydrogens is 298 g/mol. The second kappa shape index (κ2) is 5.50.